The normalized spacial score (nSPS) is 26.1. The second-order valence-electron chi connectivity index (χ2n) is 9.35. The predicted octanol–water partition coefficient (Wildman–Crippen LogP) is 1.40. The molecule has 0 radical (unpaired) electrons. The van der Waals surface area contributed by atoms with Crippen molar-refractivity contribution >= 4 is 27.6 Å². The Bertz CT molecular complexity index is 1300. The number of urea groups is 1. The van der Waals surface area contributed by atoms with Gasteiger partial charge in [0.1, 0.15) is 34.9 Å². The van der Waals surface area contributed by atoms with E-state index in [1.807, 2.05) is 0 Å². The van der Waals surface area contributed by atoms with Gasteiger partial charge >= 0.3 is 6.03 Å². The number of amides is 3. The van der Waals surface area contributed by atoms with E-state index in [9.17, 15) is 32.9 Å². The summed E-state index contributed by atoms with van der Waals surface area (Å²) < 4.78 is 40.6. The van der Waals surface area contributed by atoms with Crippen LogP contribution in [-0.2, 0) is 14.8 Å². The first-order valence-corrected chi connectivity index (χ1v) is 13.5. The lowest BCUT2D eigenvalue weighted by molar-refractivity contribution is -0.121. The minimum absolute atomic E-state index is 0.122. The van der Waals surface area contributed by atoms with Gasteiger partial charge in [-0.15, -0.1) is 0 Å². The van der Waals surface area contributed by atoms with Gasteiger partial charge in [0.25, 0.3) is 10.0 Å². The van der Waals surface area contributed by atoms with Crippen LogP contribution < -0.4 is 16.0 Å². The number of carbonyl (C=O) groups is 2. The summed E-state index contributed by atoms with van der Waals surface area (Å²) in [6, 6.07) is 3.84. The Balaban J connectivity index is 1.46. The van der Waals surface area contributed by atoms with Gasteiger partial charge in [-0.25, -0.2) is 21.9 Å². The van der Waals surface area contributed by atoms with Crippen molar-refractivity contribution < 1.29 is 22.4 Å². The first kappa shape index (κ1) is 26.5. The number of hydrogen-bond acceptors (Lipinski definition) is 8. The number of nitrogens with zero attached hydrogens (tertiary/aromatic N) is 4. The first-order valence-electron chi connectivity index (χ1n) is 12.1. The molecule has 0 saturated carbocycles. The molecule has 2 aliphatic heterocycles. The average Bonchev–Trinajstić information content (AvgIpc) is 3.16. The third-order valence-electron chi connectivity index (χ3n) is 6.95. The number of nitrogens with one attached hydrogen (secondary N) is 3. The van der Waals surface area contributed by atoms with Crippen LogP contribution in [0, 0.1) is 28.5 Å². The van der Waals surface area contributed by atoms with Gasteiger partial charge in [0.05, 0.1) is 11.8 Å². The molecule has 13 heteroatoms. The standard InChI is InChI=1S/C24H28FN7O4S/c1-15(21-13-31(17(10-26)12-28-21)16-6-4-2-3-5-7-16)29-22(33)14-32-24(34)30-20-9-8-19(25)18(11-27)23(20)37(32,35)36/h4,6,8-9,15-17,21,28H,2-3,5,7,12-14H2,1H3,(H,29,33)(H,30,34)/t15-,16?,17?,21?/m1/s1. The molecule has 3 N–H and O–H groups in total. The molecule has 3 amide bonds. The molecule has 3 unspecified atom stereocenters. The van der Waals surface area contributed by atoms with E-state index in [0.717, 1.165) is 37.8 Å². The molecule has 1 saturated heterocycles. The van der Waals surface area contributed by atoms with Crippen LogP contribution in [0.25, 0.3) is 0 Å². The van der Waals surface area contributed by atoms with Crippen molar-refractivity contribution in [2.75, 3.05) is 25.0 Å². The van der Waals surface area contributed by atoms with Crippen molar-refractivity contribution in [2.24, 2.45) is 0 Å². The Morgan fingerprint density at radius 1 is 1.32 bits per heavy atom. The van der Waals surface area contributed by atoms with E-state index < -0.39 is 50.8 Å². The highest BCUT2D eigenvalue weighted by molar-refractivity contribution is 7.90. The SMILES string of the molecule is C[C@@H](NC(=O)CN1C(=O)Nc2ccc(F)c(C#N)c2S1(=O)=O)C1CN(C2C=CCCCC2)C(C#N)CN1. The number of fused-ring (bicyclic) bond motifs is 1. The fraction of sp³-hybridized carbons (Fsp3) is 0.500. The van der Waals surface area contributed by atoms with Crippen molar-refractivity contribution in [3.63, 3.8) is 0 Å². The third-order valence-corrected chi connectivity index (χ3v) is 8.76. The number of rotatable bonds is 5. The Morgan fingerprint density at radius 2 is 2.11 bits per heavy atom. The van der Waals surface area contributed by atoms with Crippen molar-refractivity contribution in [1.82, 2.24) is 19.8 Å². The number of nitriles is 2. The van der Waals surface area contributed by atoms with Crippen LogP contribution >= 0.6 is 0 Å². The molecule has 4 atom stereocenters. The molecular weight excluding hydrogens is 501 g/mol. The van der Waals surface area contributed by atoms with E-state index in [1.165, 1.54) is 6.07 Å². The molecule has 0 aromatic heterocycles. The van der Waals surface area contributed by atoms with Gasteiger partial charge in [-0.2, -0.15) is 10.5 Å². The monoisotopic (exact) mass is 529 g/mol. The van der Waals surface area contributed by atoms with Crippen molar-refractivity contribution in [2.45, 2.75) is 61.7 Å². The van der Waals surface area contributed by atoms with Gasteiger partial charge in [-0.05, 0) is 38.3 Å². The van der Waals surface area contributed by atoms with Crippen molar-refractivity contribution in [3.8, 4) is 12.1 Å². The highest BCUT2D eigenvalue weighted by Gasteiger charge is 2.41. The van der Waals surface area contributed by atoms with E-state index in [1.54, 1.807) is 6.92 Å². The van der Waals surface area contributed by atoms with Crippen LogP contribution in [0.1, 0.15) is 38.2 Å². The maximum atomic E-state index is 14.1. The van der Waals surface area contributed by atoms with Crippen LogP contribution in [0.4, 0.5) is 14.9 Å². The average molecular weight is 530 g/mol. The van der Waals surface area contributed by atoms with Crippen LogP contribution in [0.2, 0.25) is 0 Å². The van der Waals surface area contributed by atoms with E-state index in [0.29, 0.717) is 17.4 Å². The zero-order valence-corrected chi connectivity index (χ0v) is 21.1. The lowest BCUT2D eigenvalue weighted by Gasteiger charge is -2.43. The molecule has 37 heavy (non-hydrogen) atoms. The Hall–Kier alpha value is -3.52. The Kier molecular flexibility index (Phi) is 7.78. The minimum Gasteiger partial charge on any atom is -0.350 e. The van der Waals surface area contributed by atoms with Gasteiger partial charge in [-0.1, -0.05) is 18.6 Å². The van der Waals surface area contributed by atoms with E-state index >= 15 is 0 Å². The summed E-state index contributed by atoms with van der Waals surface area (Å²) in [5.41, 5.74) is -0.957. The predicted molar refractivity (Wildman–Crippen MR) is 131 cm³/mol. The van der Waals surface area contributed by atoms with Crippen LogP contribution in [0.15, 0.2) is 29.2 Å². The van der Waals surface area contributed by atoms with Gasteiger partial charge in [0.15, 0.2) is 0 Å². The first-order chi connectivity index (χ1) is 17.7. The fourth-order valence-corrected chi connectivity index (χ4v) is 6.55. The smallest absolute Gasteiger partial charge is 0.336 e. The highest BCUT2D eigenvalue weighted by Crippen LogP contribution is 2.34. The summed E-state index contributed by atoms with van der Waals surface area (Å²) in [7, 11) is -4.66. The molecule has 196 valence electrons. The van der Waals surface area contributed by atoms with Gasteiger partial charge in [-0.3, -0.25) is 9.69 Å². The Morgan fingerprint density at radius 3 is 2.84 bits per heavy atom. The van der Waals surface area contributed by atoms with Crippen LogP contribution in [0.5, 0.6) is 0 Å². The van der Waals surface area contributed by atoms with Crippen LogP contribution in [-0.4, -0.2) is 73.4 Å². The molecule has 2 heterocycles. The van der Waals surface area contributed by atoms with Crippen molar-refractivity contribution in [3.05, 3.63) is 35.7 Å². The molecule has 4 rings (SSSR count). The molecule has 1 aliphatic carbocycles. The number of allylic oxidation sites excluding steroid dienone is 1. The molecular formula is C24H28FN7O4S. The number of carbonyl (C=O) groups excluding carboxylic acids is 2. The number of piperazine rings is 1. The van der Waals surface area contributed by atoms with E-state index in [-0.39, 0.29) is 23.8 Å². The molecule has 0 bridgehead atoms. The minimum atomic E-state index is -4.66. The maximum Gasteiger partial charge on any atom is 0.336 e. The second kappa shape index (κ2) is 10.8. The zero-order valence-electron chi connectivity index (χ0n) is 20.3. The maximum absolute atomic E-state index is 14.1. The van der Waals surface area contributed by atoms with Crippen molar-refractivity contribution in [1.29, 1.82) is 10.5 Å². The number of sulfonamides is 1. The molecule has 0 spiro atoms. The summed E-state index contributed by atoms with van der Waals surface area (Å²) in [4.78, 5) is 26.8. The molecule has 1 fully saturated rings. The number of benzene rings is 1. The van der Waals surface area contributed by atoms with E-state index in [4.69, 9.17) is 0 Å². The second-order valence-corrected chi connectivity index (χ2v) is 11.1. The quantitative estimate of drug-likeness (QED) is 0.483. The summed E-state index contributed by atoms with van der Waals surface area (Å²) >= 11 is 0. The topological polar surface area (TPSA) is 158 Å². The Labute approximate surface area is 214 Å². The largest absolute Gasteiger partial charge is 0.350 e. The lowest BCUT2D eigenvalue weighted by Crippen LogP contribution is -2.64. The summed E-state index contributed by atoms with van der Waals surface area (Å²) in [6.07, 6.45) is 8.39. The molecule has 1 aromatic rings. The number of halogens is 1. The van der Waals surface area contributed by atoms with Crippen LogP contribution in [0.3, 0.4) is 0 Å². The summed E-state index contributed by atoms with van der Waals surface area (Å²) in [6.45, 7) is 1.82. The molecule has 3 aliphatic rings. The number of anilines is 1. The summed E-state index contributed by atoms with van der Waals surface area (Å²) in [5, 5.41) is 27.2. The van der Waals surface area contributed by atoms with E-state index in [2.05, 4.69) is 39.1 Å². The van der Waals surface area contributed by atoms with Gasteiger partial charge in [0.2, 0.25) is 5.91 Å². The third kappa shape index (κ3) is 5.30. The molecule has 11 nitrogen and oxygen atoms in total. The van der Waals surface area contributed by atoms with Gasteiger partial charge < -0.3 is 16.0 Å². The fourth-order valence-electron chi connectivity index (χ4n) is 4.98. The zero-order chi connectivity index (χ0) is 26.7. The lowest BCUT2D eigenvalue weighted by atomic mass is 9.99. The summed E-state index contributed by atoms with van der Waals surface area (Å²) in [5.74, 6) is -1.79. The molecule has 1 aromatic carbocycles. The van der Waals surface area contributed by atoms with Gasteiger partial charge in [0, 0.05) is 31.2 Å². The highest BCUT2D eigenvalue weighted by atomic mass is 32.2. The number of hydrogen-bond donors (Lipinski definition) is 3.